The van der Waals surface area contributed by atoms with Gasteiger partial charge >= 0.3 is 0 Å². The van der Waals surface area contributed by atoms with Crippen LogP contribution in [0, 0.1) is 6.92 Å². The number of benzene rings is 2. The average Bonchev–Trinajstić information content (AvgIpc) is 3.26. The number of ether oxygens (including phenoxy) is 2. The molecule has 1 N–H and O–H groups in total. The van der Waals surface area contributed by atoms with Crippen molar-refractivity contribution in [3.05, 3.63) is 59.7 Å². The summed E-state index contributed by atoms with van der Waals surface area (Å²) in [5.74, 6) is 0.730. The van der Waals surface area contributed by atoms with Gasteiger partial charge in [-0.25, -0.2) is 4.98 Å². The smallest absolute Gasteiger partial charge is 0.252 e. The fourth-order valence-corrected chi connectivity index (χ4v) is 3.67. The summed E-state index contributed by atoms with van der Waals surface area (Å²) in [6.07, 6.45) is 2.16. The van der Waals surface area contributed by atoms with E-state index in [9.17, 15) is 4.79 Å². The third-order valence-electron chi connectivity index (χ3n) is 5.18. The standard InChI is InChI=1S/C24H26N2O3/c1-3-28-18-9-7-17(8-10-18)23-14-21(20-13-16(2)6-11-22(20)26-23)24(27)25-15-19-5-4-12-29-19/h6-11,13-14,19H,3-5,12,15H2,1-2H3,(H,25,27)/t19-/m1/s1. The van der Waals surface area contributed by atoms with Gasteiger partial charge in [-0.1, -0.05) is 11.6 Å². The van der Waals surface area contributed by atoms with E-state index in [1.165, 1.54) is 0 Å². The van der Waals surface area contributed by atoms with Crippen molar-refractivity contribution in [3.8, 4) is 17.0 Å². The molecule has 0 aliphatic carbocycles. The van der Waals surface area contributed by atoms with E-state index < -0.39 is 0 Å². The van der Waals surface area contributed by atoms with Crippen molar-refractivity contribution in [2.45, 2.75) is 32.8 Å². The van der Waals surface area contributed by atoms with Gasteiger partial charge in [0.1, 0.15) is 5.75 Å². The second kappa shape index (κ2) is 8.62. The Morgan fingerprint density at radius 2 is 2.03 bits per heavy atom. The predicted molar refractivity (Wildman–Crippen MR) is 114 cm³/mol. The summed E-state index contributed by atoms with van der Waals surface area (Å²) < 4.78 is 11.2. The van der Waals surface area contributed by atoms with E-state index in [0.29, 0.717) is 18.7 Å². The minimum absolute atomic E-state index is 0.0920. The van der Waals surface area contributed by atoms with Crippen LogP contribution in [0.2, 0.25) is 0 Å². The van der Waals surface area contributed by atoms with Gasteiger partial charge in [0.15, 0.2) is 0 Å². The molecule has 0 unspecified atom stereocenters. The van der Waals surface area contributed by atoms with Crippen molar-refractivity contribution in [3.63, 3.8) is 0 Å². The zero-order valence-electron chi connectivity index (χ0n) is 16.9. The van der Waals surface area contributed by atoms with Crippen LogP contribution in [0.5, 0.6) is 5.75 Å². The number of carbonyl (C=O) groups excluding carboxylic acids is 1. The van der Waals surface area contributed by atoms with Gasteiger partial charge in [-0.2, -0.15) is 0 Å². The first kappa shape index (κ1) is 19.4. The first-order chi connectivity index (χ1) is 14.1. The maximum atomic E-state index is 13.0. The van der Waals surface area contributed by atoms with E-state index in [2.05, 4.69) is 5.32 Å². The highest BCUT2D eigenvalue weighted by Crippen LogP contribution is 2.27. The molecule has 2 aromatic carbocycles. The third kappa shape index (κ3) is 4.40. The van der Waals surface area contributed by atoms with Crippen molar-refractivity contribution in [1.29, 1.82) is 0 Å². The summed E-state index contributed by atoms with van der Waals surface area (Å²) in [7, 11) is 0. The summed E-state index contributed by atoms with van der Waals surface area (Å²) >= 11 is 0. The molecule has 0 bridgehead atoms. The second-order valence-corrected chi connectivity index (χ2v) is 7.38. The van der Waals surface area contributed by atoms with Gasteiger partial charge in [0.25, 0.3) is 5.91 Å². The molecule has 0 saturated carbocycles. The lowest BCUT2D eigenvalue weighted by molar-refractivity contribution is 0.0859. The van der Waals surface area contributed by atoms with Gasteiger partial charge in [-0.15, -0.1) is 0 Å². The number of hydrogen-bond acceptors (Lipinski definition) is 4. The summed E-state index contributed by atoms with van der Waals surface area (Å²) in [6.45, 7) is 5.92. The van der Waals surface area contributed by atoms with Gasteiger partial charge in [0.2, 0.25) is 0 Å². The van der Waals surface area contributed by atoms with Crippen molar-refractivity contribution < 1.29 is 14.3 Å². The highest BCUT2D eigenvalue weighted by atomic mass is 16.5. The molecule has 1 fully saturated rings. The monoisotopic (exact) mass is 390 g/mol. The molecule has 3 aromatic rings. The summed E-state index contributed by atoms with van der Waals surface area (Å²) in [4.78, 5) is 17.8. The predicted octanol–water partition coefficient (Wildman–Crippen LogP) is 4.52. The maximum absolute atomic E-state index is 13.0. The molecule has 1 aliphatic rings. The second-order valence-electron chi connectivity index (χ2n) is 7.38. The molecule has 0 spiro atoms. The van der Waals surface area contributed by atoms with E-state index in [1.807, 2.05) is 62.4 Å². The number of nitrogens with zero attached hydrogens (tertiary/aromatic N) is 1. The van der Waals surface area contributed by atoms with E-state index in [-0.39, 0.29) is 12.0 Å². The number of nitrogens with one attached hydrogen (secondary N) is 1. The maximum Gasteiger partial charge on any atom is 0.252 e. The lowest BCUT2D eigenvalue weighted by Gasteiger charge is -2.14. The minimum Gasteiger partial charge on any atom is -0.494 e. The highest BCUT2D eigenvalue weighted by molar-refractivity contribution is 6.07. The number of carbonyl (C=O) groups is 1. The van der Waals surface area contributed by atoms with Gasteiger partial charge in [-0.3, -0.25) is 4.79 Å². The van der Waals surface area contributed by atoms with Gasteiger partial charge in [0, 0.05) is 24.1 Å². The zero-order valence-corrected chi connectivity index (χ0v) is 16.9. The Balaban J connectivity index is 1.68. The number of rotatable bonds is 6. The molecule has 1 saturated heterocycles. The number of aryl methyl sites for hydroxylation is 1. The quantitative estimate of drug-likeness (QED) is 0.672. The van der Waals surface area contributed by atoms with Crippen LogP contribution in [0.3, 0.4) is 0 Å². The molecule has 1 aromatic heterocycles. The molecule has 5 nitrogen and oxygen atoms in total. The highest BCUT2D eigenvalue weighted by Gasteiger charge is 2.19. The van der Waals surface area contributed by atoms with Crippen molar-refractivity contribution in [2.75, 3.05) is 19.8 Å². The first-order valence-electron chi connectivity index (χ1n) is 10.2. The summed E-state index contributed by atoms with van der Waals surface area (Å²) in [5, 5.41) is 3.91. The van der Waals surface area contributed by atoms with Crippen molar-refractivity contribution in [2.24, 2.45) is 0 Å². The third-order valence-corrected chi connectivity index (χ3v) is 5.18. The largest absolute Gasteiger partial charge is 0.494 e. The van der Waals surface area contributed by atoms with Crippen LogP contribution in [-0.2, 0) is 4.74 Å². The molecule has 2 heterocycles. The van der Waals surface area contributed by atoms with E-state index >= 15 is 0 Å². The van der Waals surface area contributed by atoms with E-state index in [1.54, 1.807) is 0 Å². The van der Waals surface area contributed by atoms with Crippen LogP contribution < -0.4 is 10.1 Å². The minimum atomic E-state index is -0.0920. The summed E-state index contributed by atoms with van der Waals surface area (Å²) in [6, 6.07) is 15.7. The van der Waals surface area contributed by atoms with Gasteiger partial charge in [0.05, 0.1) is 29.5 Å². The molecule has 0 radical (unpaired) electrons. The zero-order chi connectivity index (χ0) is 20.2. The molecular weight excluding hydrogens is 364 g/mol. The Kier molecular flexibility index (Phi) is 5.76. The molecule has 1 aliphatic heterocycles. The van der Waals surface area contributed by atoms with Gasteiger partial charge in [-0.05, 0) is 69.2 Å². The molecule has 1 atom stereocenters. The Morgan fingerprint density at radius 3 is 2.76 bits per heavy atom. The van der Waals surface area contributed by atoms with Crippen LogP contribution in [0.15, 0.2) is 48.5 Å². The van der Waals surface area contributed by atoms with Gasteiger partial charge < -0.3 is 14.8 Å². The molecule has 1 amide bonds. The molecular formula is C24H26N2O3. The topological polar surface area (TPSA) is 60.5 Å². The fourth-order valence-electron chi connectivity index (χ4n) is 3.67. The number of pyridine rings is 1. The molecule has 150 valence electrons. The Labute approximate surface area is 171 Å². The number of aromatic nitrogens is 1. The summed E-state index contributed by atoms with van der Waals surface area (Å²) in [5.41, 5.74) is 4.27. The number of amides is 1. The Hall–Kier alpha value is -2.92. The van der Waals surface area contributed by atoms with Crippen LogP contribution in [0.1, 0.15) is 35.7 Å². The lowest BCUT2D eigenvalue weighted by atomic mass is 10.0. The first-order valence-corrected chi connectivity index (χ1v) is 10.2. The van der Waals surface area contributed by atoms with E-state index in [0.717, 1.165) is 52.9 Å². The van der Waals surface area contributed by atoms with Crippen LogP contribution in [0.25, 0.3) is 22.2 Å². The fraction of sp³-hybridized carbons (Fsp3) is 0.333. The van der Waals surface area contributed by atoms with Crippen LogP contribution in [0.4, 0.5) is 0 Å². The Morgan fingerprint density at radius 1 is 1.21 bits per heavy atom. The molecule has 29 heavy (non-hydrogen) atoms. The molecule has 5 heteroatoms. The Bertz CT molecular complexity index is 1010. The van der Waals surface area contributed by atoms with Crippen LogP contribution >= 0.6 is 0 Å². The molecule has 4 rings (SSSR count). The average molecular weight is 390 g/mol. The van der Waals surface area contributed by atoms with Crippen molar-refractivity contribution in [1.82, 2.24) is 10.3 Å². The lowest BCUT2D eigenvalue weighted by Crippen LogP contribution is -2.32. The van der Waals surface area contributed by atoms with Crippen LogP contribution in [-0.4, -0.2) is 36.8 Å². The normalized spacial score (nSPS) is 16.1. The number of fused-ring (bicyclic) bond motifs is 1. The van der Waals surface area contributed by atoms with E-state index in [4.69, 9.17) is 14.5 Å². The van der Waals surface area contributed by atoms with Crippen molar-refractivity contribution >= 4 is 16.8 Å². The number of hydrogen-bond donors (Lipinski definition) is 1. The SMILES string of the molecule is CCOc1ccc(-c2cc(C(=O)NC[C@H]3CCCO3)c3cc(C)ccc3n2)cc1.